The van der Waals surface area contributed by atoms with E-state index < -0.39 is 0 Å². The third-order valence-corrected chi connectivity index (χ3v) is 3.78. The zero-order chi connectivity index (χ0) is 13.8. The molecule has 1 heterocycles. The van der Waals surface area contributed by atoms with Crippen LogP contribution in [0.1, 0.15) is 45.2 Å². The van der Waals surface area contributed by atoms with Gasteiger partial charge in [0.2, 0.25) is 0 Å². The highest BCUT2D eigenvalue weighted by atomic mass is 15.2. The number of nitrogens with one attached hydrogen (secondary N) is 1. The average Bonchev–Trinajstić information content (AvgIpc) is 2.35. The van der Waals surface area contributed by atoms with Crippen LogP contribution in [-0.4, -0.2) is 24.1 Å². The number of aryl methyl sites for hydroxylation is 1. The number of anilines is 1. The molecule has 0 aliphatic heterocycles. The molecule has 3 heteroatoms. The molecule has 3 nitrogen and oxygen atoms in total. The molecule has 1 N–H and O–H groups in total. The van der Waals surface area contributed by atoms with Crippen LogP contribution in [0.2, 0.25) is 0 Å². The minimum absolute atomic E-state index is 0.140. The fourth-order valence-electron chi connectivity index (χ4n) is 1.87. The van der Waals surface area contributed by atoms with Gasteiger partial charge < -0.3 is 10.2 Å². The number of hydrogen-bond acceptors (Lipinski definition) is 3. The Hall–Kier alpha value is -1.09. The highest BCUT2D eigenvalue weighted by Crippen LogP contribution is 2.26. The molecule has 0 saturated heterocycles. The van der Waals surface area contributed by atoms with Crippen molar-refractivity contribution in [1.82, 2.24) is 10.3 Å². The fourth-order valence-corrected chi connectivity index (χ4v) is 1.87. The summed E-state index contributed by atoms with van der Waals surface area (Å²) >= 11 is 0. The molecule has 0 aromatic carbocycles. The Morgan fingerprint density at radius 1 is 1.33 bits per heavy atom. The van der Waals surface area contributed by atoms with Crippen LogP contribution >= 0.6 is 0 Å². The number of aromatic nitrogens is 1. The lowest BCUT2D eigenvalue weighted by Gasteiger charge is -2.36. The molecule has 0 radical (unpaired) electrons. The molecule has 0 atom stereocenters. The molecule has 0 spiro atoms. The van der Waals surface area contributed by atoms with E-state index in [1.165, 1.54) is 11.1 Å². The topological polar surface area (TPSA) is 28.2 Å². The van der Waals surface area contributed by atoms with Crippen molar-refractivity contribution in [1.29, 1.82) is 0 Å². The Morgan fingerprint density at radius 3 is 2.50 bits per heavy atom. The molecule has 0 fully saturated rings. The summed E-state index contributed by atoms with van der Waals surface area (Å²) in [5.41, 5.74) is 2.64. The Labute approximate surface area is 112 Å². The standard InChI is InChI=1S/C15H27N3/c1-7-15(4,5)18(6)14-12(3)9-13(11-17-14)10-16-8-2/h9,11,16H,7-8,10H2,1-6H3. The summed E-state index contributed by atoms with van der Waals surface area (Å²) in [6.45, 7) is 12.9. The molecule has 0 unspecified atom stereocenters. The first-order chi connectivity index (χ1) is 8.42. The van der Waals surface area contributed by atoms with Gasteiger partial charge in [0.25, 0.3) is 0 Å². The molecule has 0 aliphatic carbocycles. The predicted molar refractivity (Wildman–Crippen MR) is 79.1 cm³/mol. The third-order valence-electron chi connectivity index (χ3n) is 3.78. The molecular formula is C15H27N3. The van der Waals surface area contributed by atoms with Crippen molar-refractivity contribution in [3.8, 4) is 0 Å². The van der Waals surface area contributed by atoms with Gasteiger partial charge in [-0.05, 0) is 50.9 Å². The molecule has 0 bridgehead atoms. The van der Waals surface area contributed by atoms with Crippen molar-refractivity contribution in [3.63, 3.8) is 0 Å². The number of hydrogen-bond donors (Lipinski definition) is 1. The quantitative estimate of drug-likeness (QED) is 0.839. The second kappa shape index (κ2) is 6.19. The van der Waals surface area contributed by atoms with E-state index >= 15 is 0 Å². The van der Waals surface area contributed by atoms with Gasteiger partial charge in [0.15, 0.2) is 0 Å². The van der Waals surface area contributed by atoms with Crippen LogP contribution in [0.3, 0.4) is 0 Å². The van der Waals surface area contributed by atoms with Gasteiger partial charge in [-0.15, -0.1) is 0 Å². The summed E-state index contributed by atoms with van der Waals surface area (Å²) in [7, 11) is 2.13. The van der Waals surface area contributed by atoms with Crippen LogP contribution in [-0.2, 0) is 6.54 Å². The predicted octanol–water partition coefficient (Wildman–Crippen LogP) is 3.12. The van der Waals surface area contributed by atoms with Crippen molar-refractivity contribution in [2.24, 2.45) is 0 Å². The fraction of sp³-hybridized carbons (Fsp3) is 0.667. The monoisotopic (exact) mass is 249 g/mol. The van der Waals surface area contributed by atoms with Gasteiger partial charge in [-0.1, -0.05) is 13.8 Å². The smallest absolute Gasteiger partial charge is 0.131 e. The minimum Gasteiger partial charge on any atom is -0.354 e. The second-order valence-corrected chi connectivity index (χ2v) is 5.49. The van der Waals surface area contributed by atoms with E-state index in [2.05, 4.69) is 62.9 Å². The summed E-state index contributed by atoms with van der Waals surface area (Å²) in [5, 5.41) is 3.33. The van der Waals surface area contributed by atoms with E-state index in [4.69, 9.17) is 0 Å². The van der Waals surface area contributed by atoms with Crippen LogP contribution in [0.15, 0.2) is 12.3 Å². The molecule has 18 heavy (non-hydrogen) atoms. The van der Waals surface area contributed by atoms with Crippen LogP contribution in [0.5, 0.6) is 0 Å². The van der Waals surface area contributed by atoms with Crippen molar-refractivity contribution >= 4 is 5.82 Å². The Kier molecular flexibility index (Phi) is 5.15. The minimum atomic E-state index is 0.140. The molecule has 0 amide bonds. The summed E-state index contributed by atoms with van der Waals surface area (Å²) in [6, 6.07) is 2.23. The van der Waals surface area contributed by atoms with Gasteiger partial charge in [0.05, 0.1) is 0 Å². The van der Waals surface area contributed by atoms with Crippen molar-refractivity contribution in [2.75, 3.05) is 18.5 Å². The molecular weight excluding hydrogens is 222 g/mol. The van der Waals surface area contributed by atoms with Crippen LogP contribution in [0.4, 0.5) is 5.82 Å². The molecule has 1 aromatic heterocycles. The Balaban J connectivity index is 2.91. The highest BCUT2D eigenvalue weighted by molar-refractivity contribution is 5.48. The summed E-state index contributed by atoms with van der Waals surface area (Å²) in [5.74, 6) is 1.09. The van der Waals surface area contributed by atoms with Crippen LogP contribution in [0.25, 0.3) is 0 Å². The zero-order valence-electron chi connectivity index (χ0n) is 12.7. The maximum atomic E-state index is 4.63. The van der Waals surface area contributed by atoms with Gasteiger partial charge in [-0.3, -0.25) is 0 Å². The summed E-state index contributed by atoms with van der Waals surface area (Å²) in [6.07, 6.45) is 3.08. The third kappa shape index (κ3) is 3.45. The first-order valence-electron chi connectivity index (χ1n) is 6.82. The maximum absolute atomic E-state index is 4.63. The Morgan fingerprint density at radius 2 is 2.00 bits per heavy atom. The van der Waals surface area contributed by atoms with Crippen molar-refractivity contribution < 1.29 is 0 Å². The molecule has 102 valence electrons. The lowest BCUT2D eigenvalue weighted by molar-refractivity contribution is 0.466. The van der Waals surface area contributed by atoms with Crippen molar-refractivity contribution in [3.05, 3.63) is 23.4 Å². The van der Waals surface area contributed by atoms with Crippen LogP contribution in [0, 0.1) is 6.92 Å². The van der Waals surface area contributed by atoms with Gasteiger partial charge in [-0.2, -0.15) is 0 Å². The lowest BCUT2D eigenvalue weighted by atomic mass is 9.99. The van der Waals surface area contributed by atoms with E-state index in [0.717, 1.165) is 25.3 Å². The largest absolute Gasteiger partial charge is 0.354 e. The van der Waals surface area contributed by atoms with E-state index in [9.17, 15) is 0 Å². The van der Waals surface area contributed by atoms with Gasteiger partial charge in [0.1, 0.15) is 5.82 Å². The maximum Gasteiger partial charge on any atom is 0.131 e. The van der Waals surface area contributed by atoms with Gasteiger partial charge in [0, 0.05) is 25.3 Å². The second-order valence-electron chi connectivity index (χ2n) is 5.49. The summed E-state index contributed by atoms with van der Waals surface area (Å²) in [4.78, 5) is 6.91. The number of nitrogens with zero attached hydrogens (tertiary/aromatic N) is 2. The lowest BCUT2D eigenvalue weighted by Crippen LogP contribution is -2.41. The van der Waals surface area contributed by atoms with E-state index in [0.29, 0.717) is 0 Å². The van der Waals surface area contributed by atoms with Crippen molar-refractivity contribution in [2.45, 2.75) is 53.1 Å². The SMILES string of the molecule is CCNCc1cnc(N(C)C(C)(C)CC)c(C)c1. The molecule has 1 rings (SSSR count). The summed E-state index contributed by atoms with van der Waals surface area (Å²) < 4.78 is 0. The average molecular weight is 249 g/mol. The molecule has 0 aliphatic rings. The molecule has 0 saturated carbocycles. The normalized spacial score (nSPS) is 11.7. The Bertz CT molecular complexity index is 385. The van der Waals surface area contributed by atoms with Gasteiger partial charge >= 0.3 is 0 Å². The number of rotatable bonds is 6. The number of pyridine rings is 1. The van der Waals surface area contributed by atoms with E-state index in [1.807, 2.05) is 6.20 Å². The van der Waals surface area contributed by atoms with Crippen LogP contribution < -0.4 is 10.2 Å². The zero-order valence-corrected chi connectivity index (χ0v) is 12.7. The first-order valence-corrected chi connectivity index (χ1v) is 6.82. The highest BCUT2D eigenvalue weighted by Gasteiger charge is 2.23. The van der Waals surface area contributed by atoms with E-state index in [1.54, 1.807) is 0 Å². The van der Waals surface area contributed by atoms with Gasteiger partial charge in [-0.25, -0.2) is 4.98 Å². The molecule has 1 aromatic rings. The van der Waals surface area contributed by atoms with E-state index in [-0.39, 0.29) is 5.54 Å². The first kappa shape index (κ1) is 15.0.